The third kappa shape index (κ3) is 4.62. The summed E-state index contributed by atoms with van der Waals surface area (Å²) in [5.74, 6) is 0.921. The van der Waals surface area contributed by atoms with E-state index in [-0.39, 0.29) is 24.3 Å². The molecule has 4 nitrogen and oxygen atoms in total. The molecule has 1 aromatic heterocycles. The first-order valence-electron chi connectivity index (χ1n) is 8.90. The van der Waals surface area contributed by atoms with Gasteiger partial charge in [0.2, 0.25) is 0 Å². The maximum atomic E-state index is 12.6. The number of benzene rings is 1. The Morgan fingerprint density at radius 1 is 1.15 bits per heavy atom. The number of ether oxygens (including phenoxy) is 1. The van der Waals surface area contributed by atoms with Gasteiger partial charge in [0.05, 0.1) is 11.4 Å². The highest BCUT2D eigenvalue weighted by Crippen LogP contribution is 2.33. The second-order valence-corrected chi connectivity index (χ2v) is 9.14. The Labute approximate surface area is 168 Å². The van der Waals surface area contributed by atoms with Crippen molar-refractivity contribution in [1.29, 1.82) is 0 Å². The van der Waals surface area contributed by atoms with E-state index in [0.717, 1.165) is 33.5 Å². The monoisotopic (exact) mass is 401 g/mol. The Hall–Kier alpha value is -2.05. The normalized spacial score (nSPS) is 16.0. The minimum atomic E-state index is -0.243. The van der Waals surface area contributed by atoms with E-state index in [4.69, 9.17) is 4.74 Å². The molecule has 0 spiro atoms. The lowest BCUT2D eigenvalue weighted by molar-refractivity contribution is -0.123. The molecule has 0 atom stereocenters. The van der Waals surface area contributed by atoms with E-state index in [1.54, 1.807) is 17.4 Å². The van der Waals surface area contributed by atoms with Gasteiger partial charge in [-0.05, 0) is 66.9 Å². The third-order valence-electron chi connectivity index (χ3n) is 4.27. The Morgan fingerprint density at radius 2 is 1.93 bits per heavy atom. The average Bonchev–Trinajstić information content (AvgIpc) is 3.12. The molecule has 0 saturated carbocycles. The number of amides is 2. The fourth-order valence-corrected chi connectivity index (χ4v) is 4.59. The van der Waals surface area contributed by atoms with E-state index < -0.39 is 0 Å². The second kappa shape index (κ2) is 8.31. The van der Waals surface area contributed by atoms with E-state index in [2.05, 4.69) is 26.0 Å². The molecule has 3 rings (SSSR count). The zero-order valence-electron chi connectivity index (χ0n) is 15.9. The lowest BCUT2D eigenvalue weighted by Crippen LogP contribution is -2.32. The first kappa shape index (κ1) is 19.7. The number of carbonyl (C=O) groups excluding carboxylic acids is 2. The van der Waals surface area contributed by atoms with Gasteiger partial charge in [0.15, 0.2) is 0 Å². The molecule has 0 bridgehead atoms. The molecule has 1 aromatic carbocycles. The van der Waals surface area contributed by atoms with Gasteiger partial charge in [-0.1, -0.05) is 26.0 Å². The molecule has 0 N–H and O–H groups in total. The van der Waals surface area contributed by atoms with Crippen LogP contribution in [-0.4, -0.2) is 29.2 Å². The summed E-state index contributed by atoms with van der Waals surface area (Å²) in [7, 11) is 0. The van der Waals surface area contributed by atoms with Gasteiger partial charge < -0.3 is 4.74 Å². The zero-order chi connectivity index (χ0) is 19.6. The highest BCUT2D eigenvalue weighted by molar-refractivity contribution is 8.18. The molecule has 27 heavy (non-hydrogen) atoms. The van der Waals surface area contributed by atoms with Crippen molar-refractivity contribution in [3.05, 3.63) is 56.1 Å². The van der Waals surface area contributed by atoms with Gasteiger partial charge >= 0.3 is 0 Å². The van der Waals surface area contributed by atoms with Crippen LogP contribution >= 0.6 is 23.1 Å². The van der Waals surface area contributed by atoms with Gasteiger partial charge in [0.25, 0.3) is 11.1 Å². The van der Waals surface area contributed by atoms with Crippen molar-refractivity contribution in [3.8, 4) is 5.75 Å². The van der Waals surface area contributed by atoms with E-state index in [1.165, 1.54) is 9.78 Å². The summed E-state index contributed by atoms with van der Waals surface area (Å²) in [4.78, 5) is 28.7. The lowest BCUT2D eigenvalue weighted by atomic mass is 10.0. The summed E-state index contributed by atoms with van der Waals surface area (Å²) in [6.07, 6.45) is 1.79. The SMILES string of the molecule is Cc1ccc(C(C)C)c(OCCN2C(=O)S/C(=C\c3ccc(C)s3)C2=O)c1. The van der Waals surface area contributed by atoms with Gasteiger partial charge in [0.1, 0.15) is 12.4 Å². The van der Waals surface area contributed by atoms with Crippen LogP contribution < -0.4 is 4.74 Å². The number of hydrogen-bond donors (Lipinski definition) is 0. The number of thioether (sulfide) groups is 1. The Bertz CT molecular complexity index is 899. The number of rotatable bonds is 6. The van der Waals surface area contributed by atoms with Crippen LogP contribution in [0.5, 0.6) is 5.75 Å². The molecule has 1 saturated heterocycles. The average molecular weight is 402 g/mol. The van der Waals surface area contributed by atoms with Crippen molar-refractivity contribution in [3.63, 3.8) is 0 Å². The number of thiophene rings is 1. The molecule has 1 aliphatic heterocycles. The zero-order valence-corrected chi connectivity index (χ0v) is 17.6. The lowest BCUT2D eigenvalue weighted by Gasteiger charge is -2.17. The van der Waals surface area contributed by atoms with Crippen LogP contribution in [0.1, 0.15) is 40.6 Å². The first-order valence-corrected chi connectivity index (χ1v) is 10.5. The van der Waals surface area contributed by atoms with E-state index >= 15 is 0 Å². The Kier molecular flexibility index (Phi) is 6.07. The highest BCUT2D eigenvalue weighted by atomic mass is 32.2. The molecule has 2 amide bonds. The minimum Gasteiger partial charge on any atom is -0.491 e. The standard InChI is InChI=1S/C21H23NO3S2/c1-13(2)17-8-5-14(3)11-18(17)25-10-9-22-20(23)19(27-21(22)24)12-16-7-6-15(4)26-16/h5-8,11-13H,9-10H2,1-4H3/b19-12-. The fraction of sp³-hybridized carbons (Fsp3) is 0.333. The summed E-state index contributed by atoms with van der Waals surface area (Å²) in [5, 5.41) is -0.239. The predicted octanol–water partition coefficient (Wildman–Crippen LogP) is 5.60. The second-order valence-electron chi connectivity index (χ2n) is 6.83. The van der Waals surface area contributed by atoms with Gasteiger partial charge in [-0.25, -0.2) is 0 Å². The fourth-order valence-electron chi connectivity index (χ4n) is 2.84. The molecule has 1 fully saturated rings. The molecule has 0 unspecified atom stereocenters. The number of imide groups is 1. The van der Waals surface area contributed by atoms with Crippen LogP contribution in [0.4, 0.5) is 4.79 Å². The minimum absolute atomic E-state index is 0.239. The van der Waals surface area contributed by atoms with Gasteiger partial charge in [-0.2, -0.15) is 0 Å². The van der Waals surface area contributed by atoms with Crippen LogP contribution in [0, 0.1) is 13.8 Å². The summed E-state index contributed by atoms with van der Waals surface area (Å²) >= 11 is 2.60. The Morgan fingerprint density at radius 3 is 2.59 bits per heavy atom. The molecular formula is C21H23NO3S2. The molecule has 1 aliphatic rings. The topological polar surface area (TPSA) is 46.6 Å². The summed E-state index contributed by atoms with van der Waals surface area (Å²) in [6.45, 7) is 8.80. The van der Waals surface area contributed by atoms with Crippen molar-refractivity contribution in [2.45, 2.75) is 33.6 Å². The van der Waals surface area contributed by atoms with Crippen molar-refractivity contribution >= 4 is 40.3 Å². The van der Waals surface area contributed by atoms with Crippen LogP contribution in [-0.2, 0) is 4.79 Å². The summed E-state index contributed by atoms with van der Waals surface area (Å²) in [5.41, 5.74) is 2.25. The van der Waals surface area contributed by atoms with Crippen molar-refractivity contribution < 1.29 is 14.3 Å². The molecule has 0 radical (unpaired) electrons. The van der Waals surface area contributed by atoms with E-state index in [1.807, 2.05) is 32.0 Å². The van der Waals surface area contributed by atoms with Crippen LogP contribution in [0.25, 0.3) is 6.08 Å². The van der Waals surface area contributed by atoms with Crippen molar-refractivity contribution in [2.75, 3.05) is 13.2 Å². The van der Waals surface area contributed by atoms with E-state index in [9.17, 15) is 9.59 Å². The largest absolute Gasteiger partial charge is 0.491 e. The van der Waals surface area contributed by atoms with E-state index in [0.29, 0.717) is 10.8 Å². The summed E-state index contributed by atoms with van der Waals surface area (Å²) < 4.78 is 5.92. The highest BCUT2D eigenvalue weighted by Gasteiger charge is 2.34. The van der Waals surface area contributed by atoms with Crippen molar-refractivity contribution in [1.82, 2.24) is 4.90 Å². The van der Waals surface area contributed by atoms with Gasteiger partial charge in [0, 0.05) is 9.75 Å². The third-order valence-corrected chi connectivity index (χ3v) is 6.13. The van der Waals surface area contributed by atoms with Crippen molar-refractivity contribution in [2.24, 2.45) is 0 Å². The predicted molar refractivity (Wildman–Crippen MR) is 112 cm³/mol. The molecule has 0 aliphatic carbocycles. The quantitative estimate of drug-likeness (QED) is 0.591. The molecule has 2 aromatic rings. The number of hydrogen-bond acceptors (Lipinski definition) is 5. The summed E-state index contributed by atoms with van der Waals surface area (Å²) in [6, 6.07) is 10.1. The van der Waals surface area contributed by atoms with Crippen LogP contribution in [0.15, 0.2) is 35.2 Å². The maximum Gasteiger partial charge on any atom is 0.293 e. The van der Waals surface area contributed by atoms with Gasteiger partial charge in [-0.3, -0.25) is 14.5 Å². The molecule has 142 valence electrons. The maximum absolute atomic E-state index is 12.6. The number of aryl methyl sites for hydroxylation is 2. The molecular weight excluding hydrogens is 378 g/mol. The first-order chi connectivity index (χ1) is 12.8. The number of carbonyl (C=O) groups is 2. The molecule has 6 heteroatoms. The Balaban J connectivity index is 1.65. The smallest absolute Gasteiger partial charge is 0.293 e. The molecule has 2 heterocycles. The van der Waals surface area contributed by atoms with Crippen LogP contribution in [0.2, 0.25) is 0 Å². The van der Waals surface area contributed by atoms with Gasteiger partial charge in [-0.15, -0.1) is 11.3 Å². The number of nitrogens with zero attached hydrogens (tertiary/aromatic N) is 1. The van der Waals surface area contributed by atoms with Crippen LogP contribution in [0.3, 0.4) is 0 Å².